The molecule has 4 aliphatic rings. The molecule has 4 heteroatoms. The third-order valence-corrected chi connectivity index (χ3v) is 9.22. The van der Waals surface area contributed by atoms with E-state index in [1.54, 1.807) is 0 Å². The summed E-state index contributed by atoms with van der Waals surface area (Å²) in [6, 6.07) is 10.2. The number of benzene rings is 1. The fourth-order valence-electron chi connectivity index (χ4n) is 7.48. The minimum absolute atomic E-state index is 0.0890. The molecule has 1 amide bonds. The van der Waals surface area contributed by atoms with Crippen molar-refractivity contribution in [1.29, 1.82) is 0 Å². The number of carbonyl (C=O) groups excluding carboxylic acids is 2. The van der Waals surface area contributed by atoms with Crippen molar-refractivity contribution < 1.29 is 9.59 Å². The van der Waals surface area contributed by atoms with E-state index in [0.29, 0.717) is 30.7 Å². The highest BCUT2D eigenvalue weighted by atomic mass is 16.2. The van der Waals surface area contributed by atoms with Crippen LogP contribution in [0.5, 0.6) is 0 Å². The highest BCUT2D eigenvalue weighted by Crippen LogP contribution is 2.64. The van der Waals surface area contributed by atoms with Gasteiger partial charge >= 0.3 is 0 Å². The fraction of sp³-hybridized carbons (Fsp3) is 0.615. The van der Waals surface area contributed by atoms with E-state index in [1.807, 2.05) is 24.3 Å². The van der Waals surface area contributed by atoms with Crippen LogP contribution < -0.4 is 10.6 Å². The molecule has 4 nitrogen and oxygen atoms in total. The first kappa shape index (κ1) is 19.8. The smallest absolute Gasteiger partial charge is 0.223 e. The number of amides is 1. The van der Waals surface area contributed by atoms with Crippen LogP contribution in [0, 0.1) is 34.5 Å². The number of piperidine rings is 1. The molecule has 30 heavy (non-hydrogen) atoms. The minimum atomic E-state index is 0.0890. The summed E-state index contributed by atoms with van der Waals surface area (Å²) in [4.78, 5) is 25.2. The Bertz CT molecular complexity index is 878. The van der Waals surface area contributed by atoms with Crippen molar-refractivity contribution in [2.45, 2.75) is 58.9 Å². The monoisotopic (exact) mass is 406 g/mol. The number of hydrogen-bond donors (Lipinski definition) is 2. The summed E-state index contributed by atoms with van der Waals surface area (Å²) in [5.74, 6) is 2.44. The van der Waals surface area contributed by atoms with Gasteiger partial charge in [0.2, 0.25) is 5.91 Å². The van der Waals surface area contributed by atoms with E-state index in [1.165, 1.54) is 12.1 Å². The van der Waals surface area contributed by atoms with Gasteiger partial charge in [0.25, 0.3) is 0 Å². The molecule has 0 unspecified atom stereocenters. The maximum atomic E-state index is 13.2. The van der Waals surface area contributed by atoms with Crippen LogP contribution >= 0.6 is 0 Å². The number of allylic oxidation sites excluding steroid dienone is 2. The van der Waals surface area contributed by atoms with Crippen molar-refractivity contribution in [3.8, 4) is 0 Å². The molecule has 160 valence electrons. The lowest BCUT2D eigenvalue weighted by molar-refractivity contribution is -0.132. The second kappa shape index (κ2) is 7.25. The molecule has 1 aromatic rings. The number of rotatable bonds is 3. The summed E-state index contributed by atoms with van der Waals surface area (Å²) in [5, 5.41) is 6.88. The Hall–Kier alpha value is -2.10. The van der Waals surface area contributed by atoms with E-state index in [9.17, 15) is 9.59 Å². The van der Waals surface area contributed by atoms with E-state index in [-0.39, 0.29) is 28.4 Å². The van der Waals surface area contributed by atoms with Crippen LogP contribution in [0.4, 0.5) is 0 Å². The molecular formula is C26H34N2O2. The number of carbonyl (C=O) groups is 2. The third kappa shape index (κ3) is 3.02. The highest BCUT2D eigenvalue weighted by Gasteiger charge is 2.60. The van der Waals surface area contributed by atoms with Crippen LogP contribution in [0.1, 0.15) is 57.9 Å². The van der Waals surface area contributed by atoms with Gasteiger partial charge < -0.3 is 10.6 Å². The van der Waals surface area contributed by atoms with Crippen molar-refractivity contribution >= 4 is 11.7 Å². The van der Waals surface area contributed by atoms with Gasteiger partial charge in [-0.2, -0.15) is 0 Å². The average molecular weight is 407 g/mol. The van der Waals surface area contributed by atoms with Gasteiger partial charge in [0.05, 0.1) is 0 Å². The van der Waals surface area contributed by atoms with Gasteiger partial charge in [0, 0.05) is 42.6 Å². The molecule has 1 saturated heterocycles. The Labute approximate surface area is 179 Å². The molecule has 5 rings (SSSR count). The Morgan fingerprint density at radius 3 is 2.70 bits per heavy atom. The molecule has 2 N–H and O–H groups in total. The molecule has 1 heterocycles. The lowest BCUT2D eigenvalue weighted by Crippen LogP contribution is -2.57. The number of hydrogen-bond acceptors (Lipinski definition) is 3. The van der Waals surface area contributed by atoms with Gasteiger partial charge in [0.15, 0.2) is 5.78 Å². The Morgan fingerprint density at radius 2 is 1.90 bits per heavy atom. The van der Waals surface area contributed by atoms with Crippen molar-refractivity contribution in [2.24, 2.45) is 34.5 Å². The minimum Gasteiger partial charge on any atom is -0.387 e. The van der Waals surface area contributed by atoms with Crippen LogP contribution in [-0.2, 0) is 16.1 Å². The van der Waals surface area contributed by atoms with E-state index in [4.69, 9.17) is 0 Å². The first-order valence-corrected chi connectivity index (χ1v) is 11.7. The fourth-order valence-corrected chi connectivity index (χ4v) is 7.48. The lowest BCUT2D eigenvalue weighted by atomic mass is 9.50. The molecule has 0 radical (unpaired) electrons. The normalized spacial score (nSPS) is 39.8. The molecular weight excluding hydrogens is 372 g/mol. The van der Waals surface area contributed by atoms with Gasteiger partial charge in [-0.15, -0.1) is 0 Å². The predicted octanol–water partition coefficient (Wildman–Crippen LogP) is 4.22. The first-order valence-electron chi connectivity index (χ1n) is 11.7. The predicted molar refractivity (Wildman–Crippen MR) is 117 cm³/mol. The Kier molecular flexibility index (Phi) is 4.79. The van der Waals surface area contributed by atoms with Crippen molar-refractivity contribution in [3.63, 3.8) is 0 Å². The molecule has 0 aromatic heterocycles. The molecule has 1 aromatic carbocycles. The second-order valence-electron chi connectivity index (χ2n) is 10.6. The molecule has 0 spiro atoms. The molecule has 6 atom stereocenters. The van der Waals surface area contributed by atoms with Crippen LogP contribution in [-0.4, -0.2) is 18.2 Å². The summed E-state index contributed by atoms with van der Waals surface area (Å²) >= 11 is 0. The zero-order valence-electron chi connectivity index (χ0n) is 18.2. The molecule has 3 fully saturated rings. The Morgan fingerprint density at radius 1 is 1.10 bits per heavy atom. The van der Waals surface area contributed by atoms with Gasteiger partial charge in [-0.25, -0.2) is 0 Å². The summed E-state index contributed by atoms with van der Waals surface area (Å²) in [6.45, 7) is 6.32. The zero-order chi connectivity index (χ0) is 20.9. The highest BCUT2D eigenvalue weighted by molar-refractivity contribution is 5.91. The van der Waals surface area contributed by atoms with Gasteiger partial charge in [-0.05, 0) is 60.8 Å². The van der Waals surface area contributed by atoms with Crippen LogP contribution in [0.3, 0.4) is 0 Å². The van der Waals surface area contributed by atoms with Crippen molar-refractivity contribution in [1.82, 2.24) is 10.6 Å². The average Bonchev–Trinajstić information content (AvgIpc) is 3.10. The van der Waals surface area contributed by atoms with Crippen LogP contribution in [0.15, 0.2) is 42.1 Å². The standard InChI is InChI=1S/C26H34N2O2/c1-25-13-11-21-19(16-27-23-14-18(29)10-12-26(21,23)2)20(25)8-9-22(25)24(30)28-15-17-6-4-3-5-7-17/h3-7,14,19-22,27H,8-13,15-16H2,1-2H3,(H,28,30)/t19-,20-,21-,22+,25-,26+/m0/s1. The lowest BCUT2D eigenvalue weighted by Gasteiger charge is -2.58. The molecule has 0 bridgehead atoms. The summed E-state index contributed by atoms with van der Waals surface area (Å²) in [5.41, 5.74) is 2.53. The number of nitrogens with one attached hydrogen (secondary N) is 2. The molecule has 1 aliphatic heterocycles. The number of ketones is 1. The zero-order valence-corrected chi connectivity index (χ0v) is 18.2. The van der Waals surface area contributed by atoms with Gasteiger partial charge in [-0.3, -0.25) is 9.59 Å². The van der Waals surface area contributed by atoms with Crippen molar-refractivity contribution in [2.75, 3.05) is 6.54 Å². The third-order valence-electron chi connectivity index (χ3n) is 9.22. The van der Waals surface area contributed by atoms with E-state index in [2.05, 4.69) is 36.6 Å². The summed E-state index contributed by atoms with van der Waals surface area (Å²) in [7, 11) is 0. The maximum absolute atomic E-state index is 13.2. The summed E-state index contributed by atoms with van der Waals surface area (Å²) < 4.78 is 0. The molecule has 3 aliphatic carbocycles. The topological polar surface area (TPSA) is 58.2 Å². The second-order valence-corrected chi connectivity index (χ2v) is 10.6. The quantitative estimate of drug-likeness (QED) is 0.790. The van der Waals surface area contributed by atoms with E-state index in [0.717, 1.165) is 37.8 Å². The van der Waals surface area contributed by atoms with Gasteiger partial charge in [-0.1, -0.05) is 44.2 Å². The molecule has 2 saturated carbocycles. The van der Waals surface area contributed by atoms with Gasteiger partial charge in [0.1, 0.15) is 0 Å². The SMILES string of the molecule is C[C@]12CC[C@H]3[C@@H](CNC4=CC(=O)CC[C@@]43C)[C@@H]1CC[C@@H]2C(=O)NCc1ccccc1. The van der Waals surface area contributed by atoms with E-state index < -0.39 is 0 Å². The van der Waals surface area contributed by atoms with Crippen LogP contribution in [0.25, 0.3) is 0 Å². The number of fused-ring (bicyclic) bond motifs is 5. The summed E-state index contributed by atoms with van der Waals surface area (Å²) in [6.07, 6.45) is 7.97. The Balaban J connectivity index is 1.32. The van der Waals surface area contributed by atoms with Crippen LogP contribution in [0.2, 0.25) is 0 Å². The van der Waals surface area contributed by atoms with Crippen molar-refractivity contribution in [3.05, 3.63) is 47.7 Å². The van der Waals surface area contributed by atoms with E-state index >= 15 is 0 Å². The largest absolute Gasteiger partial charge is 0.387 e. The first-order chi connectivity index (χ1) is 14.4. The maximum Gasteiger partial charge on any atom is 0.223 e.